The van der Waals surface area contributed by atoms with Gasteiger partial charge in [-0.05, 0) is 43.7 Å². The van der Waals surface area contributed by atoms with Gasteiger partial charge in [0.1, 0.15) is 5.67 Å². The van der Waals surface area contributed by atoms with Crippen LogP contribution in [-0.4, -0.2) is 23.7 Å². The molecule has 30 heavy (non-hydrogen) atoms. The predicted molar refractivity (Wildman–Crippen MR) is 118 cm³/mol. The van der Waals surface area contributed by atoms with Gasteiger partial charge in [-0.15, -0.1) is 0 Å². The van der Waals surface area contributed by atoms with Crippen molar-refractivity contribution >= 4 is 11.9 Å². The SMILES string of the molecule is C=CN.CC(Cc1ccc(C(C)(C)F)cc1)c1cc(C=N)c(NCC(C)(F)F)cn1. The fraction of sp³-hybridized carbons (Fsp3) is 0.391. The van der Waals surface area contributed by atoms with Crippen molar-refractivity contribution in [2.45, 2.75) is 51.6 Å². The van der Waals surface area contributed by atoms with Crippen LogP contribution < -0.4 is 11.1 Å². The monoisotopic (exact) mass is 420 g/mol. The van der Waals surface area contributed by atoms with E-state index in [1.165, 1.54) is 26.2 Å². The van der Waals surface area contributed by atoms with Gasteiger partial charge in [0, 0.05) is 30.3 Å². The van der Waals surface area contributed by atoms with Gasteiger partial charge < -0.3 is 16.5 Å². The molecule has 0 bridgehead atoms. The number of rotatable bonds is 8. The molecule has 0 aliphatic rings. The number of nitrogens with one attached hydrogen (secondary N) is 2. The Morgan fingerprint density at radius 1 is 1.20 bits per heavy atom. The van der Waals surface area contributed by atoms with Gasteiger partial charge in [0.05, 0.1) is 18.4 Å². The van der Waals surface area contributed by atoms with E-state index in [0.29, 0.717) is 23.2 Å². The Kier molecular flexibility index (Phi) is 9.08. The quantitative estimate of drug-likeness (QED) is 0.474. The smallest absolute Gasteiger partial charge is 0.262 e. The van der Waals surface area contributed by atoms with Crippen LogP contribution in [0.3, 0.4) is 0 Å². The molecular formula is C23H31F3N4. The Bertz CT molecular complexity index is 822. The Morgan fingerprint density at radius 2 is 1.77 bits per heavy atom. The fourth-order valence-electron chi connectivity index (χ4n) is 2.77. The number of benzene rings is 1. The summed E-state index contributed by atoms with van der Waals surface area (Å²) in [5, 5.41) is 10.2. The first-order chi connectivity index (χ1) is 13.9. The fourth-order valence-corrected chi connectivity index (χ4v) is 2.77. The van der Waals surface area contributed by atoms with E-state index in [4.69, 9.17) is 5.41 Å². The lowest BCUT2D eigenvalue weighted by Gasteiger charge is -2.17. The molecule has 0 spiro atoms. The van der Waals surface area contributed by atoms with Crippen molar-refractivity contribution in [3.05, 3.63) is 71.7 Å². The van der Waals surface area contributed by atoms with Crippen molar-refractivity contribution in [1.82, 2.24) is 4.98 Å². The van der Waals surface area contributed by atoms with Crippen LogP contribution in [0.5, 0.6) is 0 Å². The maximum absolute atomic E-state index is 14.0. The van der Waals surface area contributed by atoms with Gasteiger partial charge in [0.15, 0.2) is 0 Å². The largest absolute Gasteiger partial charge is 0.405 e. The highest BCUT2D eigenvalue weighted by Gasteiger charge is 2.21. The van der Waals surface area contributed by atoms with Crippen LogP contribution in [0.4, 0.5) is 18.9 Å². The summed E-state index contributed by atoms with van der Waals surface area (Å²) in [5.41, 5.74) is 6.63. The maximum Gasteiger partial charge on any atom is 0.262 e. The molecule has 2 aromatic rings. The third-order valence-electron chi connectivity index (χ3n) is 4.39. The van der Waals surface area contributed by atoms with Crippen LogP contribution in [0, 0.1) is 5.41 Å². The van der Waals surface area contributed by atoms with Crippen molar-refractivity contribution in [2.75, 3.05) is 11.9 Å². The van der Waals surface area contributed by atoms with Gasteiger partial charge >= 0.3 is 0 Å². The zero-order valence-corrected chi connectivity index (χ0v) is 18.0. The molecule has 1 unspecified atom stereocenters. The van der Waals surface area contributed by atoms with Gasteiger partial charge in [-0.2, -0.15) is 0 Å². The van der Waals surface area contributed by atoms with Gasteiger partial charge in [0.2, 0.25) is 0 Å². The molecule has 0 amide bonds. The summed E-state index contributed by atoms with van der Waals surface area (Å²) in [7, 11) is 0. The van der Waals surface area contributed by atoms with E-state index in [1.54, 1.807) is 18.2 Å². The van der Waals surface area contributed by atoms with E-state index in [-0.39, 0.29) is 5.92 Å². The van der Waals surface area contributed by atoms with Crippen LogP contribution in [-0.2, 0) is 12.1 Å². The van der Waals surface area contributed by atoms with E-state index < -0.39 is 18.1 Å². The van der Waals surface area contributed by atoms with Crippen LogP contribution >= 0.6 is 0 Å². The van der Waals surface area contributed by atoms with Crippen molar-refractivity contribution < 1.29 is 13.2 Å². The Hall–Kier alpha value is -2.83. The Balaban J connectivity index is 0.00000141. The molecule has 2 rings (SSSR count). The van der Waals surface area contributed by atoms with Crippen molar-refractivity contribution in [3.63, 3.8) is 0 Å². The average molecular weight is 421 g/mol. The molecule has 7 heteroatoms. The van der Waals surface area contributed by atoms with Gasteiger partial charge in [-0.1, -0.05) is 37.8 Å². The third-order valence-corrected chi connectivity index (χ3v) is 4.39. The van der Waals surface area contributed by atoms with Gasteiger partial charge in [-0.25, -0.2) is 13.2 Å². The number of pyridine rings is 1. The molecular weight excluding hydrogens is 389 g/mol. The van der Waals surface area contributed by atoms with Crippen LogP contribution in [0.2, 0.25) is 0 Å². The van der Waals surface area contributed by atoms with Crippen LogP contribution in [0.1, 0.15) is 56.0 Å². The number of hydrogen-bond donors (Lipinski definition) is 3. The number of halogens is 3. The molecule has 0 fully saturated rings. The first-order valence-electron chi connectivity index (χ1n) is 9.64. The first-order valence-corrected chi connectivity index (χ1v) is 9.64. The summed E-state index contributed by atoms with van der Waals surface area (Å²) in [6, 6.07) is 9.13. The number of anilines is 1. The number of alkyl halides is 3. The molecule has 1 heterocycles. The third kappa shape index (κ3) is 8.27. The highest BCUT2D eigenvalue weighted by molar-refractivity contribution is 5.85. The van der Waals surface area contributed by atoms with Crippen molar-refractivity contribution in [2.24, 2.45) is 5.73 Å². The lowest BCUT2D eigenvalue weighted by molar-refractivity contribution is 0.0367. The molecule has 1 aromatic carbocycles. The standard InChI is InChI=1S/C21H26F3N3.C2H5N/c1-14(9-15-5-7-17(8-6-15)20(2,3)22)18-10-16(11-25)19(12-26-18)27-13-21(4,23)24;1-2-3/h5-8,10-12,14,25,27H,9,13H2,1-4H3;2H,1,3H2. The van der Waals surface area contributed by atoms with E-state index in [9.17, 15) is 13.2 Å². The summed E-state index contributed by atoms with van der Waals surface area (Å²) >= 11 is 0. The minimum atomic E-state index is -2.84. The molecule has 0 aliphatic carbocycles. The summed E-state index contributed by atoms with van der Waals surface area (Å²) in [4.78, 5) is 4.37. The van der Waals surface area contributed by atoms with Gasteiger partial charge in [0.25, 0.3) is 5.92 Å². The highest BCUT2D eigenvalue weighted by atomic mass is 19.3. The van der Waals surface area contributed by atoms with E-state index in [0.717, 1.165) is 24.4 Å². The molecule has 0 saturated carbocycles. The molecule has 4 nitrogen and oxygen atoms in total. The second-order valence-corrected chi connectivity index (χ2v) is 7.77. The number of aromatic nitrogens is 1. The lowest BCUT2D eigenvalue weighted by atomic mass is 9.93. The number of hydrogen-bond acceptors (Lipinski definition) is 4. The normalized spacial score (nSPS) is 12.4. The predicted octanol–water partition coefficient (Wildman–Crippen LogP) is 5.79. The van der Waals surface area contributed by atoms with Crippen LogP contribution in [0.15, 0.2) is 49.3 Å². The van der Waals surface area contributed by atoms with Crippen molar-refractivity contribution in [3.8, 4) is 0 Å². The molecule has 0 saturated heterocycles. The van der Waals surface area contributed by atoms with Crippen LogP contribution in [0.25, 0.3) is 0 Å². The first kappa shape index (κ1) is 25.2. The average Bonchev–Trinajstić information content (AvgIpc) is 2.66. The Labute approximate surface area is 176 Å². The summed E-state index contributed by atoms with van der Waals surface area (Å²) < 4.78 is 40.0. The number of nitrogens with zero attached hydrogens (tertiary/aromatic N) is 1. The van der Waals surface area contributed by atoms with E-state index in [2.05, 4.69) is 22.6 Å². The molecule has 1 atom stereocenters. The minimum absolute atomic E-state index is 0.0644. The molecule has 0 radical (unpaired) electrons. The Morgan fingerprint density at radius 3 is 2.23 bits per heavy atom. The van der Waals surface area contributed by atoms with E-state index >= 15 is 0 Å². The van der Waals surface area contributed by atoms with E-state index in [1.807, 2.05) is 19.1 Å². The topological polar surface area (TPSA) is 74.8 Å². The molecule has 1 aromatic heterocycles. The van der Waals surface area contributed by atoms with Gasteiger partial charge in [-0.3, -0.25) is 4.98 Å². The summed E-state index contributed by atoms with van der Waals surface area (Å²) in [6.45, 7) is 8.52. The second kappa shape index (κ2) is 10.8. The maximum atomic E-state index is 14.0. The summed E-state index contributed by atoms with van der Waals surface area (Å²) in [5.74, 6) is -2.78. The molecule has 0 aliphatic heterocycles. The number of nitrogens with two attached hydrogens (primary N) is 1. The molecule has 164 valence electrons. The minimum Gasteiger partial charge on any atom is -0.405 e. The zero-order valence-electron chi connectivity index (χ0n) is 18.0. The second-order valence-electron chi connectivity index (χ2n) is 7.77. The molecule has 4 N–H and O–H groups in total. The van der Waals surface area contributed by atoms with Crippen molar-refractivity contribution in [1.29, 1.82) is 5.41 Å². The zero-order chi connectivity index (χ0) is 22.9. The lowest BCUT2D eigenvalue weighted by Crippen LogP contribution is -2.23. The summed E-state index contributed by atoms with van der Waals surface area (Å²) in [6.07, 6.45) is 4.58. The highest BCUT2D eigenvalue weighted by Crippen LogP contribution is 2.27.